The van der Waals surface area contributed by atoms with Crippen molar-refractivity contribution in [2.45, 2.75) is 0 Å². The Balaban J connectivity index is 1.53. The van der Waals surface area contributed by atoms with Crippen molar-refractivity contribution >= 4 is 139 Å². The molecule has 0 amide bonds. The quantitative estimate of drug-likeness (QED) is 0.185. The summed E-state index contributed by atoms with van der Waals surface area (Å²) in [5.41, 5.74) is 10.2. The van der Waals surface area contributed by atoms with Gasteiger partial charge >= 0.3 is 0 Å². The fourth-order valence-corrected chi connectivity index (χ4v) is 9.53. The van der Waals surface area contributed by atoms with Crippen LogP contribution in [0.25, 0.3) is 90.9 Å². The van der Waals surface area contributed by atoms with Gasteiger partial charge in [-0.2, -0.15) is 0 Å². The largest absolute Gasteiger partial charge is 0.354 e. The van der Waals surface area contributed by atoms with Crippen LogP contribution in [0.2, 0.25) is 40.2 Å². The van der Waals surface area contributed by atoms with E-state index in [9.17, 15) is 0 Å². The molecule has 274 valence electrons. The van der Waals surface area contributed by atoms with E-state index in [1.54, 1.807) is 72.8 Å². The van der Waals surface area contributed by atoms with E-state index in [2.05, 4.69) is 9.97 Å². The van der Waals surface area contributed by atoms with E-state index in [1.165, 1.54) is 0 Å². The first-order chi connectivity index (χ1) is 27.1. The van der Waals surface area contributed by atoms with Crippen LogP contribution < -0.4 is 0 Å². The number of benzene rings is 4. The van der Waals surface area contributed by atoms with Crippen LogP contribution in [-0.2, 0) is 0 Å². The van der Waals surface area contributed by atoms with Gasteiger partial charge in [-0.05, 0) is 97.1 Å². The number of nitrogens with one attached hydrogen (secondary N) is 2. The number of hydrogen-bond acceptors (Lipinski definition) is 2. The Hall–Kier alpha value is -4.20. The van der Waals surface area contributed by atoms with Crippen LogP contribution in [0.4, 0.5) is 0 Å². The fraction of sp³-hybridized carbons (Fsp3) is 0. The summed E-state index contributed by atoms with van der Waals surface area (Å²) in [6.07, 6.45) is 7.67. The minimum atomic E-state index is 0.430. The molecule has 0 saturated heterocycles. The van der Waals surface area contributed by atoms with Crippen LogP contribution in [0.5, 0.6) is 0 Å². The molecule has 0 fully saturated rings. The van der Waals surface area contributed by atoms with E-state index in [0.29, 0.717) is 124 Å². The van der Waals surface area contributed by atoms with Gasteiger partial charge in [-0.15, -0.1) is 0 Å². The molecular formula is C44H22Cl8N4. The van der Waals surface area contributed by atoms with Gasteiger partial charge in [0.1, 0.15) is 0 Å². The van der Waals surface area contributed by atoms with E-state index in [1.807, 2.05) is 48.6 Å². The van der Waals surface area contributed by atoms with Crippen LogP contribution in [0, 0.1) is 0 Å². The Morgan fingerprint density at radius 3 is 1.12 bits per heavy atom. The standard InChI is InChI=1S/C44H22Cl8N4/c45-23-5-1-6-24(46)38(23)22-20-37-44(41-29(51)11-4-12-30(41)52)35-18-17-34(55-35)43(40-27(49)9-3-10-28(40)50)33-16-15-32(54-33)42(39-25(47)7-2-8-26(39)48)31-14-13-21(53-31)19-36(22)56-37/h1-20,54,56H. The molecule has 0 atom stereocenters. The van der Waals surface area contributed by atoms with E-state index >= 15 is 0 Å². The molecule has 56 heavy (non-hydrogen) atoms. The summed E-state index contributed by atoms with van der Waals surface area (Å²) >= 11 is 55.4. The Bertz CT molecular complexity index is 2950. The maximum absolute atomic E-state index is 6.98. The number of aromatic nitrogens is 4. The number of hydrogen-bond donors (Lipinski definition) is 2. The third-order valence-corrected chi connectivity index (χ3v) is 12.1. The van der Waals surface area contributed by atoms with Crippen molar-refractivity contribution in [1.29, 1.82) is 0 Å². The van der Waals surface area contributed by atoms with Crippen molar-refractivity contribution in [3.8, 4) is 44.5 Å². The normalized spacial score (nSPS) is 12.1. The topological polar surface area (TPSA) is 57.4 Å². The second kappa shape index (κ2) is 14.9. The van der Waals surface area contributed by atoms with Crippen LogP contribution in [0.1, 0.15) is 22.8 Å². The van der Waals surface area contributed by atoms with Gasteiger partial charge in [0.05, 0.1) is 52.9 Å². The Morgan fingerprint density at radius 2 is 0.679 bits per heavy atom. The van der Waals surface area contributed by atoms with Gasteiger partial charge in [0, 0.05) is 76.6 Å². The van der Waals surface area contributed by atoms with Crippen molar-refractivity contribution < 1.29 is 0 Å². The lowest BCUT2D eigenvalue weighted by atomic mass is 10.0. The molecule has 0 saturated carbocycles. The van der Waals surface area contributed by atoms with Crippen molar-refractivity contribution in [3.63, 3.8) is 0 Å². The SMILES string of the molecule is Clc1cccc(Cl)c1-c1cc2[nH]c1cc1nc(c(-c3c(Cl)cccc3Cl)c3ccc([nH]3)c(-c3c(Cl)cccc3Cl)c3nc(c2-c2c(Cl)cccc2Cl)C=C3)C=C1. The molecule has 7 aromatic rings. The molecule has 0 unspecified atom stereocenters. The van der Waals surface area contributed by atoms with Crippen LogP contribution in [0.15, 0.2) is 97.1 Å². The maximum atomic E-state index is 6.98. The van der Waals surface area contributed by atoms with E-state index < -0.39 is 0 Å². The van der Waals surface area contributed by atoms with Crippen molar-refractivity contribution in [2.75, 3.05) is 0 Å². The summed E-state index contributed by atoms with van der Waals surface area (Å²) < 4.78 is 0. The Labute approximate surface area is 360 Å². The third kappa shape index (κ3) is 6.53. The highest BCUT2D eigenvalue weighted by Gasteiger charge is 2.23. The number of aromatic amines is 2. The van der Waals surface area contributed by atoms with Gasteiger partial charge in [-0.25, -0.2) is 9.97 Å². The summed E-state index contributed by atoms with van der Waals surface area (Å²) in [6.45, 7) is 0. The molecular weight excluding hydrogens is 868 g/mol. The van der Waals surface area contributed by atoms with Gasteiger partial charge in [0.2, 0.25) is 0 Å². The first-order valence-electron chi connectivity index (χ1n) is 17.0. The number of nitrogens with zero attached hydrogens (tertiary/aromatic N) is 2. The van der Waals surface area contributed by atoms with Crippen molar-refractivity contribution in [3.05, 3.63) is 160 Å². The fourth-order valence-electron chi connectivity index (χ4n) is 7.17. The first-order valence-corrected chi connectivity index (χ1v) is 20.0. The van der Waals surface area contributed by atoms with E-state index in [4.69, 9.17) is 103 Å². The second-order valence-electron chi connectivity index (χ2n) is 12.9. The maximum Gasteiger partial charge on any atom is 0.0738 e. The van der Waals surface area contributed by atoms with Crippen molar-refractivity contribution in [2.24, 2.45) is 0 Å². The molecule has 8 bridgehead atoms. The molecule has 5 heterocycles. The second-order valence-corrected chi connectivity index (χ2v) is 16.2. The molecule has 0 spiro atoms. The van der Waals surface area contributed by atoms with Crippen LogP contribution in [-0.4, -0.2) is 19.9 Å². The van der Waals surface area contributed by atoms with Gasteiger partial charge in [-0.3, -0.25) is 0 Å². The zero-order chi connectivity index (χ0) is 38.8. The van der Waals surface area contributed by atoms with Crippen molar-refractivity contribution in [1.82, 2.24) is 19.9 Å². The lowest BCUT2D eigenvalue weighted by Gasteiger charge is -2.10. The first kappa shape index (κ1) is 37.4. The molecule has 3 aromatic heterocycles. The molecule has 2 N–H and O–H groups in total. The van der Waals surface area contributed by atoms with Crippen LogP contribution in [0.3, 0.4) is 0 Å². The molecule has 4 nitrogen and oxygen atoms in total. The summed E-state index contributed by atoms with van der Waals surface area (Å²) in [7, 11) is 0. The minimum Gasteiger partial charge on any atom is -0.354 e. The average Bonchev–Trinajstić information content (AvgIpc) is 3.99. The Kier molecular flexibility index (Phi) is 9.98. The van der Waals surface area contributed by atoms with Crippen LogP contribution >= 0.6 is 92.8 Å². The summed E-state index contributed by atoms with van der Waals surface area (Å²) in [5, 5.41) is 3.58. The smallest absolute Gasteiger partial charge is 0.0738 e. The van der Waals surface area contributed by atoms with E-state index in [0.717, 1.165) is 5.56 Å². The highest BCUT2D eigenvalue weighted by Crippen LogP contribution is 2.46. The molecule has 9 rings (SSSR count). The van der Waals surface area contributed by atoms with Gasteiger partial charge < -0.3 is 9.97 Å². The molecule has 0 aliphatic carbocycles. The summed E-state index contributed by atoms with van der Waals surface area (Å²) in [4.78, 5) is 17.6. The molecule has 4 aromatic carbocycles. The number of rotatable bonds is 4. The lowest BCUT2D eigenvalue weighted by molar-refractivity contribution is 1.31. The predicted molar refractivity (Wildman–Crippen MR) is 241 cm³/mol. The van der Waals surface area contributed by atoms with Gasteiger partial charge in [0.15, 0.2) is 0 Å². The zero-order valence-electron chi connectivity index (χ0n) is 28.5. The monoisotopic (exact) mass is 886 g/mol. The van der Waals surface area contributed by atoms with E-state index in [-0.39, 0.29) is 0 Å². The average molecular weight is 890 g/mol. The van der Waals surface area contributed by atoms with Gasteiger partial charge in [-0.1, -0.05) is 117 Å². The number of fused-ring (bicyclic) bond motifs is 8. The van der Waals surface area contributed by atoms with Gasteiger partial charge in [0.25, 0.3) is 0 Å². The third-order valence-electron chi connectivity index (χ3n) is 9.57. The highest BCUT2D eigenvalue weighted by atomic mass is 35.5. The minimum absolute atomic E-state index is 0.430. The lowest BCUT2D eigenvalue weighted by Crippen LogP contribution is -1.91. The molecule has 12 heteroatoms. The summed E-state index contributed by atoms with van der Waals surface area (Å²) in [5.74, 6) is 0. The highest BCUT2D eigenvalue weighted by molar-refractivity contribution is 6.42. The number of halogens is 8. The predicted octanol–water partition coefficient (Wildman–Crippen LogP) is 16.6. The number of H-pyrrole nitrogens is 2. The molecule has 2 aliphatic rings. The molecule has 0 radical (unpaired) electrons. The zero-order valence-corrected chi connectivity index (χ0v) is 34.5. The Morgan fingerprint density at radius 1 is 0.321 bits per heavy atom. The molecule has 2 aliphatic heterocycles. The summed E-state index contributed by atoms with van der Waals surface area (Å²) in [6, 6.07) is 29.3.